The van der Waals surface area contributed by atoms with Crippen molar-refractivity contribution in [3.8, 4) is 0 Å². The van der Waals surface area contributed by atoms with Crippen molar-refractivity contribution in [3.63, 3.8) is 0 Å². The molecule has 5 rings (SSSR count). The minimum Gasteiger partial charge on any atom is -0.375 e. The zero-order chi connectivity index (χ0) is 21.1. The third kappa shape index (κ3) is 3.15. The first-order valence-corrected chi connectivity index (χ1v) is 13.0. The van der Waals surface area contributed by atoms with Gasteiger partial charge in [0.1, 0.15) is 0 Å². The Balaban J connectivity index is 1.38. The maximum absolute atomic E-state index is 12.1. The highest BCUT2D eigenvalue weighted by molar-refractivity contribution is 5.91. The van der Waals surface area contributed by atoms with Gasteiger partial charge in [-0.05, 0) is 125 Å². The molecular formula is C28H43NO. The molecule has 3 saturated carbocycles. The summed E-state index contributed by atoms with van der Waals surface area (Å²) in [6.07, 6.45) is 18.7. The quantitative estimate of drug-likeness (QED) is 0.494. The van der Waals surface area contributed by atoms with Crippen LogP contribution in [0.15, 0.2) is 23.4 Å². The van der Waals surface area contributed by atoms with Crippen molar-refractivity contribution < 1.29 is 4.79 Å². The predicted molar refractivity (Wildman–Crippen MR) is 124 cm³/mol. The summed E-state index contributed by atoms with van der Waals surface area (Å²) in [7, 11) is 0. The molecule has 0 amide bonds. The number of likely N-dealkylation sites (tertiary alicyclic amines) is 1. The molecule has 0 aromatic rings. The van der Waals surface area contributed by atoms with E-state index in [0.29, 0.717) is 22.7 Å². The number of hydrogen-bond donors (Lipinski definition) is 0. The molecule has 0 aromatic heterocycles. The number of ketones is 1. The van der Waals surface area contributed by atoms with Gasteiger partial charge in [-0.15, -0.1) is 0 Å². The fourth-order valence-corrected chi connectivity index (χ4v) is 8.97. The van der Waals surface area contributed by atoms with E-state index in [0.717, 1.165) is 36.5 Å². The summed E-state index contributed by atoms with van der Waals surface area (Å²) in [4.78, 5) is 14.7. The van der Waals surface area contributed by atoms with Crippen LogP contribution in [0.25, 0.3) is 0 Å². The third-order valence-corrected chi connectivity index (χ3v) is 10.7. The highest BCUT2D eigenvalue weighted by Crippen LogP contribution is 2.67. The van der Waals surface area contributed by atoms with Gasteiger partial charge in [-0.25, -0.2) is 0 Å². The van der Waals surface area contributed by atoms with Crippen LogP contribution in [0.2, 0.25) is 0 Å². The fraction of sp³-hybridized carbons (Fsp3) is 0.821. The Kier molecular flexibility index (Phi) is 5.22. The van der Waals surface area contributed by atoms with E-state index in [1.54, 1.807) is 5.57 Å². The number of carbonyl (C=O) groups is 1. The number of nitrogens with zero attached hydrogens (tertiary/aromatic N) is 1. The van der Waals surface area contributed by atoms with Gasteiger partial charge in [-0.2, -0.15) is 0 Å². The minimum atomic E-state index is 0.310. The molecule has 4 fully saturated rings. The van der Waals surface area contributed by atoms with E-state index in [1.807, 2.05) is 0 Å². The first kappa shape index (κ1) is 20.8. The van der Waals surface area contributed by atoms with Crippen LogP contribution in [0.1, 0.15) is 98.3 Å². The Labute approximate surface area is 184 Å². The molecule has 1 aliphatic heterocycles. The molecule has 4 aliphatic carbocycles. The number of rotatable bonds is 2. The predicted octanol–water partition coefficient (Wildman–Crippen LogP) is 6.91. The van der Waals surface area contributed by atoms with E-state index in [4.69, 9.17) is 0 Å². The van der Waals surface area contributed by atoms with Crippen LogP contribution >= 0.6 is 0 Å². The Bertz CT molecular complexity index is 765. The van der Waals surface area contributed by atoms with E-state index in [1.165, 1.54) is 69.9 Å². The van der Waals surface area contributed by atoms with Gasteiger partial charge in [-0.1, -0.05) is 25.0 Å². The van der Waals surface area contributed by atoms with Gasteiger partial charge >= 0.3 is 0 Å². The van der Waals surface area contributed by atoms with Gasteiger partial charge in [0.25, 0.3) is 0 Å². The van der Waals surface area contributed by atoms with Gasteiger partial charge in [0.05, 0.1) is 0 Å². The van der Waals surface area contributed by atoms with E-state index in [9.17, 15) is 4.79 Å². The van der Waals surface area contributed by atoms with Gasteiger partial charge in [0.2, 0.25) is 0 Å². The van der Waals surface area contributed by atoms with Crippen LogP contribution in [0, 0.1) is 34.5 Å². The molecule has 30 heavy (non-hydrogen) atoms. The van der Waals surface area contributed by atoms with Crippen molar-refractivity contribution in [1.82, 2.24) is 4.90 Å². The molecule has 166 valence electrons. The Morgan fingerprint density at radius 2 is 1.87 bits per heavy atom. The van der Waals surface area contributed by atoms with Crippen molar-refractivity contribution in [1.29, 1.82) is 0 Å². The SMILES string of the molecule is C/C(=C/N1CCCC[C@H]1C)[C@H]1CC[C@H]2[C@@H]3CCC4=CC(=O)CC[C@]4(C)[C@H]3CC[C@]12C. The van der Waals surface area contributed by atoms with Crippen molar-refractivity contribution >= 4 is 5.78 Å². The summed E-state index contributed by atoms with van der Waals surface area (Å²) in [5.74, 6) is 3.74. The molecular weight excluding hydrogens is 366 g/mol. The van der Waals surface area contributed by atoms with Crippen LogP contribution < -0.4 is 0 Å². The molecule has 0 N–H and O–H groups in total. The first-order valence-electron chi connectivity index (χ1n) is 13.0. The third-order valence-electron chi connectivity index (χ3n) is 10.7. The maximum atomic E-state index is 12.1. The normalized spacial score (nSPS) is 46.7. The van der Waals surface area contributed by atoms with Gasteiger partial charge in [0.15, 0.2) is 5.78 Å². The molecule has 7 atom stereocenters. The first-order chi connectivity index (χ1) is 14.3. The summed E-state index contributed by atoms with van der Waals surface area (Å²) in [5.41, 5.74) is 3.97. The van der Waals surface area contributed by atoms with Crippen molar-refractivity contribution in [3.05, 3.63) is 23.4 Å². The molecule has 0 aromatic carbocycles. The maximum Gasteiger partial charge on any atom is 0.155 e. The van der Waals surface area contributed by atoms with Crippen molar-refractivity contribution in [2.24, 2.45) is 34.5 Å². The lowest BCUT2D eigenvalue weighted by Crippen LogP contribution is -2.50. The second-order valence-electron chi connectivity index (χ2n) is 12.1. The van der Waals surface area contributed by atoms with Gasteiger partial charge in [0, 0.05) is 19.0 Å². The lowest BCUT2D eigenvalue weighted by atomic mass is 9.46. The Morgan fingerprint density at radius 3 is 2.67 bits per heavy atom. The second-order valence-corrected chi connectivity index (χ2v) is 12.1. The molecule has 1 saturated heterocycles. The largest absolute Gasteiger partial charge is 0.375 e. The zero-order valence-electron chi connectivity index (χ0n) is 19.9. The fourth-order valence-electron chi connectivity index (χ4n) is 8.97. The standard InChI is InChI=1S/C28H43NO/c1-19(18-29-16-6-5-7-20(29)2)24-10-11-25-23-9-8-21-17-22(30)12-14-27(21,3)26(23)13-15-28(24,25)4/h17-18,20,23-26H,5-16H2,1-4H3/b19-18-/t20-,23+,24-,25+,26+,27+,28-/m1/s1. The molecule has 2 heteroatoms. The van der Waals surface area contributed by atoms with Crippen LogP contribution in [0.5, 0.6) is 0 Å². The number of piperidine rings is 1. The lowest BCUT2D eigenvalue weighted by molar-refractivity contribution is -0.117. The van der Waals surface area contributed by atoms with Crippen molar-refractivity contribution in [2.45, 2.75) is 104 Å². The average molecular weight is 410 g/mol. The monoisotopic (exact) mass is 409 g/mol. The number of hydrogen-bond acceptors (Lipinski definition) is 2. The van der Waals surface area contributed by atoms with Crippen LogP contribution in [-0.2, 0) is 4.79 Å². The summed E-state index contributed by atoms with van der Waals surface area (Å²) < 4.78 is 0. The van der Waals surface area contributed by atoms with Gasteiger partial charge in [-0.3, -0.25) is 4.79 Å². The highest BCUT2D eigenvalue weighted by atomic mass is 16.1. The van der Waals surface area contributed by atoms with E-state index < -0.39 is 0 Å². The van der Waals surface area contributed by atoms with Crippen LogP contribution in [0.4, 0.5) is 0 Å². The molecule has 5 aliphatic rings. The van der Waals surface area contributed by atoms with E-state index in [-0.39, 0.29) is 0 Å². The van der Waals surface area contributed by atoms with E-state index >= 15 is 0 Å². The Morgan fingerprint density at radius 1 is 1.03 bits per heavy atom. The summed E-state index contributed by atoms with van der Waals surface area (Å²) in [6.45, 7) is 11.3. The summed E-state index contributed by atoms with van der Waals surface area (Å²) in [6, 6.07) is 0.715. The average Bonchev–Trinajstić information content (AvgIpc) is 3.07. The van der Waals surface area contributed by atoms with Crippen LogP contribution in [-0.4, -0.2) is 23.3 Å². The second kappa shape index (κ2) is 7.52. The van der Waals surface area contributed by atoms with E-state index in [2.05, 4.69) is 44.9 Å². The molecule has 2 nitrogen and oxygen atoms in total. The highest BCUT2D eigenvalue weighted by Gasteiger charge is 2.59. The van der Waals surface area contributed by atoms with Crippen LogP contribution in [0.3, 0.4) is 0 Å². The number of carbonyl (C=O) groups excluding carboxylic acids is 1. The smallest absolute Gasteiger partial charge is 0.155 e. The lowest BCUT2D eigenvalue weighted by Gasteiger charge is -2.58. The number of fused-ring (bicyclic) bond motifs is 5. The molecule has 0 bridgehead atoms. The summed E-state index contributed by atoms with van der Waals surface area (Å²) >= 11 is 0. The molecule has 0 radical (unpaired) electrons. The Hall–Kier alpha value is -1.05. The number of allylic oxidation sites excluding steroid dienone is 2. The zero-order valence-corrected chi connectivity index (χ0v) is 19.9. The van der Waals surface area contributed by atoms with Crippen molar-refractivity contribution in [2.75, 3.05) is 6.54 Å². The topological polar surface area (TPSA) is 20.3 Å². The molecule has 0 unspecified atom stereocenters. The molecule has 0 spiro atoms. The summed E-state index contributed by atoms with van der Waals surface area (Å²) in [5, 5.41) is 0. The minimum absolute atomic E-state index is 0.310. The molecule has 1 heterocycles. The van der Waals surface area contributed by atoms with Gasteiger partial charge < -0.3 is 4.90 Å².